The van der Waals surface area contributed by atoms with E-state index in [4.69, 9.17) is 33.8 Å². The van der Waals surface area contributed by atoms with Gasteiger partial charge in [0.25, 0.3) is 11.8 Å². The summed E-state index contributed by atoms with van der Waals surface area (Å²) in [6.45, 7) is 11.8. The first kappa shape index (κ1) is 40.3. The zero-order valence-electron chi connectivity index (χ0n) is 30.6. The number of carbonyl (C=O) groups excluding carboxylic acids is 4. The van der Waals surface area contributed by atoms with Crippen LogP contribution in [0.25, 0.3) is 5.57 Å². The van der Waals surface area contributed by atoms with Crippen LogP contribution in [0.15, 0.2) is 42.3 Å². The third-order valence-electron chi connectivity index (χ3n) is 9.30. The lowest BCUT2D eigenvalue weighted by Gasteiger charge is -2.40. The van der Waals surface area contributed by atoms with Gasteiger partial charge in [-0.1, -0.05) is 46.8 Å². The number of amidine groups is 2. The second-order valence-corrected chi connectivity index (χ2v) is 14.3. The summed E-state index contributed by atoms with van der Waals surface area (Å²) in [4.78, 5) is 53.6. The standard InChI is InChI=1S/C37H56N10O4/c1-22(2)12-16-46-20-24(18-28(46)35(50)44-14-6-8-30(38)39)32-26(33(42)48)10-11-27(34(43)49)37(32,5)25-19-29(47(21-25)17-13-23(3)4)36(51)45-15-7-9-31(40)41/h10-11,18-23,27H,6-9,12-17H2,1-5H3,(H3,38,39)(H3,40,41)(H2,42,48)(H2,43,49)(H,44,50)(H,45,51). The van der Waals surface area contributed by atoms with E-state index in [-0.39, 0.29) is 29.1 Å². The molecule has 0 spiro atoms. The average Bonchev–Trinajstić information content (AvgIpc) is 3.67. The highest BCUT2D eigenvalue weighted by atomic mass is 16.2. The van der Waals surface area contributed by atoms with Gasteiger partial charge in [-0.05, 0) is 66.4 Å². The minimum Gasteiger partial charge on any atom is -0.388 e. The molecule has 3 rings (SSSR count). The maximum Gasteiger partial charge on any atom is 0.267 e. The first-order valence-electron chi connectivity index (χ1n) is 17.6. The molecule has 2 aromatic rings. The van der Waals surface area contributed by atoms with Crippen LogP contribution in [-0.2, 0) is 28.1 Å². The Kier molecular flexibility index (Phi) is 14.0. The molecular weight excluding hydrogens is 648 g/mol. The molecule has 51 heavy (non-hydrogen) atoms. The van der Waals surface area contributed by atoms with Gasteiger partial charge in [-0.25, -0.2) is 0 Å². The van der Waals surface area contributed by atoms with Crippen molar-refractivity contribution in [3.05, 3.63) is 64.8 Å². The number of aryl methyl sites for hydroxylation is 2. The Morgan fingerprint density at radius 1 is 0.804 bits per heavy atom. The van der Waals surface area contributed by atoms with Gasteiger partial charge in [0.05, 0.1) is 17.6 Å². The largest absolute Gasteiger partial charge is 0.388 e. The molecule has 2 unspecified atom stereocenters. The van der Waals surface area contributed by atoms with E-state index in [1.54, 1.807) is 24.4 Å². The van der Waals surface area contributed by atoms with Crippen LogP contribution in [0.2, 0.25) is 0 Å². The smallest absolute Gasteiger partial charge is 0.267 e. The fraction of sp³-hybridized carbons (Fsp3) is 0.514. The van der Waals surface area contributed by atoms with Gasteiger partial charge in [0.2, 0.25) is 11.8 Å². The maximum absolute atomic E-state index is 13.6. The first-order valence-corrected chi connectivity index (χ1v) is 17.6. The Hall–Kier alpha value is -5.14. The Morgan fingerprint density at radius 2 is 1.29 bits per heavy atom. The molecule has 278 valence electrons. The number of primary amides is 2. The predicted octanol–water partition coefficient (Wildman–Crippen LogP) is 3.14. The summed E-state index contributed by atoms with van der Waals surface area (Å²) in [5, 5.41) is 20.8. The summed E-state index contributed by atoms with van der Waals surface area (Å²) in [6, 6.07) is 3.43. The molecule has 4 amide bonds. The van der Waals surface area contributed by atoms with Crippen molar-refractivity contribution in [3.63, 3.8) is 0 Å². The Labute approximate surface area is 300 Å². The number of carbonyl (C=O) groups is 4. The summed E-state index contributed by atoms with van der Waals surface area (Å²) < 4.78 is 3.69. The van der Waals surface area contributed by atoms with Crippen LogP contribution in [0.1, 0.15) is 105 Å². The van der Waals surface area contributed by atoms with Gasteiger partial charge in [0.15, 0.2) is 0 Å². The van der Waals surface area contributed by atoms with Crippen molar-refractivity contribution >= 4 is 40.9 Å². The molecule has 14 nitrogen and oxygen atoms in total. The Morgan fingerprint density at radius 3 is 1.75 bits per heavy atom. The fourth-order valence-electron chi connectivity index (χ4n) is 6.40. The Bertz CT molecular complexity index is 1700. The lowest BCUT2D eigenvalue weighted by molar-refractivity contribution is -0.121. The number of nitrogens with two attached hydrogens (primary N) is 4. The number of allylic oxidation sites excluding steroid dienone is 1. The number of aromatic nitrogens is 2. The van der Waals surface area contributed by atoms with Crippen molar-refractivity contribution in [2.45, 2.75) is 91.6 Å². The zero-order valence-corrected chi connectivity index (χ0v) is 30.6. The first-order chi connectivity index (χ1) is 24.0. The highest BCUT2D eigenvalue weighted by molar-refractivity contribution is 6.08. The lowest BCUT2D eigenvalue weighted by Crippen LogP contribution is -2.43. The second-order valence-electron chi connectivity index (χ2n) is 14.3. The molecule has 2 aromatic heterocycles. The van der Waals surface area contributed by atoms with E-state index >= 15 is 0 Å². The van der Waals surface area contributed by atoms with Crippen molar-refractivity contribution in [2.75, 3.05) is 13.1 Å². The van der Waals surface area contributed by atoms with Gasteiger partial charge in [0.1, 0.15) is 11.4 Å². The molecular formula is C37H56N10O4. The summed E-state index contributed by atoms with van der Waals surface area (Å²) in [5.74, 6) is -2.21. The summed E-state index contributed by atoms with van der Waals surface area (Å²) in [7, 11) is 0. The SMILES string of the molecule is CC(C)CCn1cc(C2=C(C(N)=O)C=CC(C(N)=O)C2(C)c2cc(C(=O)NCCCC(=N)N)n(CCC(C)C)c2)cc1C(=O)NCCCC(=N)N. The molecule has 0 saturated carbocycles. The number of nitrogens with one attached hydrogen (secondary N) is 4. The fourth-order valence-corrected chi connectivity index (χ4v) is 6.40. The van der Waals surface area contributed by atoms with Crippen LogP contribution >= 0.6 is 0 Å². The third-order valence-corrected chi connectivity index (χ3v) is 9.30. The van der Waals surface area contributed by atoms with E-state index in [9.17, 15) is 19.2 Å². The minimum atomic E-state index is -1.28. The molecule has 1 aliphatic carbocycles. The van der Waals surface area contributed by atoms with E-state index in [2.05, 4.69) is 38.3 Å². The van der Waals surface area contributed by atoms with E-state index in [0.29, 0.717) is 91.8 Å². The molecule has 0 fully saturated rings. The number of hydrogen-bond acceptors (Lipinski definition) is 6. The van der Waals surface area contributed by atoms with Crippen molar-refractivity contribution in [1.82, 2.24) is 19.8 Å². The van der Waals surface area contributed by atoms with Gasteiger partial charge < -0.3 is 42.7 Å². The topological polar surface area (TPSA) is 254 Å². The van der Waals surface area contributed by atoms with Crippen molar-refractivity contribution in [2.24, 2.45) is 40.7 Å². The molecule has 2 atom stereocenters. The monoisotopic (exact) mass is 704 g/mol. The highest BCUT2D eigenvalue weighted by Gasteiger charge is 2.47. The molecule has 0 saturated heterocycles. The summed E-state index contributed by atoms with van der Waals surface area (Å²) in [5.41, 5.74) is 24.2. The molecule has 0 aliphatic heterocycles. The van der Waals surface area contributed by atoms with Crippen LogP contribution in [0.5, 0.6) is 0 Å². The van der Waals surface area contributed by atoms with Crippen molar-refractivity contribution in [1.29, 1.82) is 10.8 Å². The quantitative estimate of drug-likeness (QED) is 0.0583. The molecule has 12 N–H and O–H groups in total. The number of rotatable bonds is 20. The number of amides is 4. The maximum atomic E-state index is 13.6. The minimum absolute atomic E-state index is 0.0399. The van der Waals surface area contributed by atoms with E-state index in [0.717, 1.165) is 12.8 Å². The molecule has 1 aliphatic rings. The lowest BCUT2D eigenvalue weighted by atomic mass is 9.62. The van der Waals surface area contributed by atoms with E-state index < -0.39 is 23.1 Å². The Balaban J connectivity index is 2.24. The predicted molar refractivity (Wildman–Crippen MR) is 200 cm³/mol. The zero-order chi connectivity index (χ0) is 38.0. The highest BCUT2D eigenvalue weighted by Crippen LogP contribution is 2.50. The second kappa shape index (κ2) is 17.7. The summed E-state index contributed by atoms with van der Waals surface area (Å²) >= 11 is 0. The van der Waals surface area contributed by atoms with Gasteiger partial charge in [-0.3, -0.25) is 30.0 Å². The number of hydrogen-bond donors (Lipinski definition) is 8. The molecule has 14 heteroatoms. The van der Waals surface area contributed by atoms with Gasteiger partial charge in [0, 0.05) is 62.4 Å². The van der Waals surface area contributed by atoms with Crippen LogP contribution in [0.3, 0.4) is 0 Å². The summed E-state index contributed by atoms with van der Waals surface area (Å²) in [6.07, 6.45) is 9.98. The van der Waals surface area contributed by atoms with Crippen LogP contribution in [-0.4, -0.2) is 57.5 Å². The van der Waals surface area contributed by atoms with Gasteiger partial charge in [-0.15, -0.1) is 0 Å². The van der Waals surface area contributed by atoms with E-state index in [1.807, 2.05) is 22.3 Å². The van der Waals surface area contributed by atoms with Crippen LogP contribution in [0.4, 0.5) is 0 Å². The molecule has 2 heterocycles. The molecule has 0 bridgehead atoms. The van der Waals surface area contributed by atoms with Crippen molar-refractivity contribution < 1.29 is 19.2 Å². The third kappa shape index (κ3) is 10.2. The normalized spacial score (nSPS) is 17.2. The van der Waals surface area contributed by atoms with Gasteiger partial charge >= 0.3 is 0 Å². The molecule has 0 radical (unpaired) electrons. The molecule has 0 aromatic carbocycles. The van der Waals surface area contributed by atoms with Crippen LogP contribution < -0.4 is 33.6 Å². The average molecular weight is 705 g/mol. The van der Waals surface area contributed by atoms with Gasteiger partial charge in [-0.2, -0.15) is 0 Å². The van der Waals surface area contributed by atoms with Crippen molar-refractivity contribution in [3.8, 4) is 0 Å². The van der Waals surface area contributed by atoms with E-state index in [1.165, 1.54) is 6.08 Å². The number of nitrogens with zero attached hydrogens (tertiary/aromatic N) is 2. The van der Waals surface area contributed by atoms with Crippen LogP contribution in [0, 0.1) is 28.6 Å².